The number of hydrogen-bond acceptors (Lipinski definition) is 1. The van der Waals surface area contributed by atoms with Gasteiger partial charge in [-0.25, -0.2) is 0 Å². The van der Waals surface area contributed by atoms with Crippen molar-refractivity contribution in [3.63, 3.8) is 0 Å². The van der Waals surface area contributed by atoms with E-state index in [9.17, 15) is 4.79 Å². The van der Waals surface area contributed by atoms with E-state index in [1.54, 1.807) is 0 Å². The summed E-state index contributed by atoms with van der Waals surface area (Å²) in [5.41, 5.74) is 0. The lowest BCUT2D eigenvalue weighted by molar-refractivity contribution is -0.119. The SMILES string of the molecule is C#CC(CCC)NC(C)=O. The van der Waals surface area contributed by atoms with E-state index in [-0.39, 0.29) is 11.9 Å². The van der Waals surface area contributed by atoms with Crippen LogP contribution in [0.15, 0.2) is 0 Å². The lowest BCUT2D eigenvalue weighted by Gasteiger charge is -2.08. The summed E-state index contributed by atoms with van der Waals surface area (Å²) in [5.74, 6) is 2.44. The Hall–Kier alpha value is -0.970. The molecule has 0 saturated heterocycles. The highest BCUT2D eigenvalue weighted by molar-refractivity contribution is 5.73. The predicted molar refractivity (Wildman–Crippen MR) is 41.3 cm³/mol. The summed E-state index contributed by atoms with van der Waals surface area (Å²) < 4.78 is 0. The van der Waals surface area contributed by atoms with Crippen LogP contribution in [0.25, 0.3) is 0 Å². The standard InChI is InChI=1S/C8H13NO/c1-4-6-8(5-2)9-7(3)10/h2,8H,4,6H2,1,3H3,(H,9,10). The van der Waals surface area contributed by atoms with Gasteiger partial charge in [-0.1, -0.05) is 19.3 Å². The van der Waals surface area contributed by atoms with Crippen LogP contribution in [0.2, 0.25) is 0 Å². The molecule has 0 bridgehead atoms. The molecule has 0 aromatic heterocycles. The van der Waals surface area contributed by atoms with Crippen LogP contribution in [0.1, 0.15) is 26.7 Å². The maximum Gasteiger partial charge on any atom is 0.217 e. The van der Waals surface area contributed by atoms with Gasteiger partial charge in [-0.3, -0.25) is 4.79 Å². The Bertz CT molecular complexity index is 146. The van der Waals surface area contributed by atoms with Crippen molar-refractivity contribution in [1.29, 1.82) is 0 Å². The largest absolute Gasteiger partial charge is 0.343 e. The minimum atomic E-state index is -0.0810. The molecule has 0 heterocycles. The molecule has 1 atom stereocenters. The van der Waals surface area contributed by atoms with Crippen molar-refractivity contribution in [1.82, 2.24) is 5.32 Å². The van der Waals surface area contributed by atoms with Gasteiger partial charge in [-0.2, -0.15) is 0 Å². The Morgan fingerprint density at radius 2 is 2.40 bits per heavy atom. The first-order chi connectivity index (χ1) is 4.70. The Labute approximate surface area is 62.0 Å². The zero-order chi connectivity index (χ0) is 7.98. The van der Waals surface area contributed by atoms with Crippen molar-refractivity contribution in [3.8, 4) is 12.3 Å². The minimum absolute atomic E-state index is 0.0589. The van der Waals surface area contributed by atoms with Crippen molar-refractivity contribution in [2.45, 2.75) is 32.7 Å². The normalized spacial score (nSPS) is 11.7. The molecule has 2 nitrogen and oxygen atoms in total. The average Bonchev–Trinajstić information content (AvgIpc) is 1.86. The van der Waals surface area contributed by atoms with Gasteiger partial charge in [0.2, 0.25) is 5.91 Å². The second kappa shape index (κ2) is 4.87. The van der Waals surface area contributed by atoms with Gasteiger partial charge in [0, 0.05) is 6.92 Å². The lowest BCUT2D eigenvalue weighted by atomic mass is 10.2. The van der Waals surface area contributed by atoms with Crippen LogP contribution in [-0.2, 0) is 4.79 Å². The van der Waals surface area contributed by atoms with Crippen molar-refractivity contribution in [2.75, 3.05) is 0 Å². The summed E-state index contributed by atoms with van der Waals surface area (Å²) in [6.07, 6.45) is 6.99. The van der Waals surface area contributed by atoms with E-state index in [0.29, 0.717) is 0 Å². The maximum atomic E-state index is 10.5. The van der Waals surface area contributed by atoms with E-state index in [1.165, 1.54) is 6.92 Å². The van der Waals surface area contributed by atoms with Gasteiger partial charge < -0.3 is 5.32 Å². The smallest absolute Gasteiger partial charge is 0.217 e. The van der Waals surface area contributed by atoms with Crippen LogP contribution < -0.4 is 5.32 Å². The molecule has 0 aromatic carbocycles. The summed E-state index contributed by atoms with van der Waals surface area (Å²) in [5, 5.41) is 2.66. The number of terminal acetylenes is 1. The van der Waals surface area contributed by atoms with E-state index in [4.69, 9.17) is 6.42 Å². The van der Waals surface area contributed by atoms with Gasteiger partial charge >= 0.3 is 0 Å². The highest BCUT2D eigenvalue weighted by Gasteiger charge is 2.02. The van der Waals surface area contributed by atoms with Crippen molar-refractivity contribution in [2.24, 2.45) is 0 Å². The van der Waals surface area contributed by atoms with E-state index in [2.05, 4.69) is 11.2 Å². The molecule has 10 heavy (non-hydrogen) atoms. The number of rotatable bonds is 3. The molecule has 1 N–H and O–H groups in total. The molecule has 0 aromatic rings. The third-order valence-electron chi connectivity index (χ3n) is 1.16. The zero-order valence-electron chi connectivity index (χ0n) is 6.48. The van der Waals surface area contributed by atoms with Gasteiger partial charge in [-0.15, -0.1) is 6.42 Å². The van der Waals surface area contributed by atoms with E-state index >= 15 is 0 Å². The number of nitrogens with one attached hydrogen (secondary N) is 1. The molecular formula is C8H13NO. The molecule has 1 amide bonds. The Kier molecular flexibility index (Phi) is 4.39. The Morgan fingerprint density at radius 3 is 2.70 bits per heavy atom. The molecule has 0 aliphatic heterocycles. The highest BCUT2D eigenvalue weighted by atomic mass is 16.1. The molecule has 0 rings (SSSR count). The summed E-state index contributed by atoms with van der Waals surface area (Å²) in [6.45, 7) is 3.51. The fourth-order valence-electron chi connectivity index (χ4n) is 0.731. The molecule has 56 valence electrons. The van der Waals surface area contributed by atoms with Crippen LogP contribution in [0.4, 0.5) is 0 Å². The van der Waals surface area contributed by atoms with Gasteiger partial charge in [0.15, 0.2) is 0 Å². The number of amides is 1. The fourth-order valence-corrected chi connectivity index (χ4v) is 0.731. The fraction of sp³-hybridized carbons (Fsp3) is 0.625. The predicted octanol–water partition coefficient (Wildman–Crippen LogP) is 0.924. The van der Waals surface area contributed by atoms with Crippen molar-refractivity contribution >= 4 is 5.91 Å². The molecule has 0 spiro atoms. The summed E-state index contributed by atoms with van der Waals surface area (Å²) in [7, 11) is 0. The van der Waals surface area contributed by atoms with Gasteiger partial charge in [-0.05, 0) is 6.42 Å². The molecule has 0 fully saturated rings. The van der Waals surface area contributed by atoms with Crippen molar-refractivity contribution in [3.05, 3.63) is 0 Å². The van der Waals surface area contributed by atoms with Gasteiger partial charge in [0.1, 0.15) is 0 Å². The molecule has 0 radical (unpaired) electrons. The van der Waals surface area contributed by atoms with Gasteiger partial charge in [0.25, 0.3) is 0 Å². The molecule has 1 unspecified atom stereocenters. The van der Waals surface area contributed by atoms with Crippen LogP contribution in [0.5, 0.6) is 0 Å². The summed E-state index contributed by atoms with van der Waals surface area (Å²) in [4.78, 5) is 10.5. The highest BCUT2D eigenvalue weighted by Crippen LogP contribution is 1.93. The van der Waals surface area contributed by atoms with E-state index in [1.807, 2.05) is 6.92 Å². The third kappa shape index (κ3) is 3.96. The Morgan fingerprint density at radius 1 is 1.80 bits per heavy atom. The monoisotopic (exact) mass is 139 g/mol. The number of hydrogen-bond donors (Lipinski definition) is 1. The molecule has 0 saturated carbocycles. The number of carbonyl (C=O) groups is 1. The number of carbonyl (C=O) groups excluding carboxylic acids is 1. The first-order valence-electron chi connectivity index (χ1n) is 3.44. The molecule has 0 aliphatic rings. The van der Waals surface area contributed by atoms with Crippen molar-refractivity contribution < 1.29 is 4.79 Å². The van der Waals surface area contributed by atoms with Crippen LogP contribution >= 0.6 is 0 Å². The third-order valence-corrected chi connectivity index (χ3v) is 1.16. The van der Waals surface area contributed by atoms with E-state index < -0.39 is 0 Å². The Balaban J connectivity index is 3.63. The quantitative estimate of drug-likeness (QED) is 0.579. The minimum Gasteiger partial charge on any atom is -0.343 e. The average molecular weight is 139 g/mol. The second-order valence-corrected chi connectivity index (χ2v) is 2.21. The topological polar surface area (TPSA) is 29.1 Å². The maximum absolute atomic E-state index is 10.5. The lowest BCUT2D eigenvalue weighted by Crippen LogP contribution is -2.31. The summed E-state index contributed by atoms with van der Waals surface area (Å²) >= 11 is 0. The molecule has 0 aliphatic carbocycles. The first-order valence-corrected chi connectivity index (χ1v) is 3.44. The summed E-state index contributed by atoms with van der Waals surface area (Å²) in [6, 6.07) is -0.0810. The van der Waals surface area contributed by atoms with E-state index in [0.717, 1.165) is 12.8 Å². The van der Waals surface area contributed by atoms with Crippen LogP contribution in [0.3, 0.4) is 0 Å². The molecule has 2 heteroatoms. The zero-order valence-corrected chi connectivity index (χ0v) is 6.48. The van der Waals surface area contributed by atoms with Gasteiger partial charge in [0.05, 0.1) is 6.04 Å². The first kappa shape index (κ1) is 9.03. The second-order valence-electron chi connectivity index (χ2n) is 2.21. The van der Waals surface area contributed by atoms with Crippen LogP contribution in [0, 0.1) is 12.3 Å². The molecular weight excluding hydrogens is 126 g/mol. The van der Waals surface area contributed by atoms with Crippen LogP contribution in [-0.4, -0.2) is 11.9 Å².